The molecule has 1 unspecified atom stereocenters. The van der Waals surface area contributed by atoms with Gasteiger partial charge in [0.2, 0.25) is 0 Å². The van der Waals surface area contributed by atoms with Crippen LogP contribution in [0.25, 0.3) is 0 Å². The highest BCUT2D eigenvalue weighted by Gasteiger charge is 2.25. The third-order valence-corrected chi connectivity index (χ3v) is 4.09. The van der Waals surface area contributed by atoms with Gasteiger partial charge in [0.25, 0.3) is 5.91 Å². The lowest BCUT2D eigenvalue weighted by Gasteiger charge is -2.32. The van der Waals surface area contributed by atoms with E-state index >= 15 is 0 Å². The monoisotopic (exact) mass is 289 g/mol. The number of likely N-dealkylation sites (tertiary alicyclic amines) is 1. The van der Waals surface area contributed by atoms with Gasteiger partial charge < -0.3 is 20.3 Å². The Balaban J connectivity index is 1.72. The summed E-state index contributed by atoms with van der Waals surface area (Å²) >= 11 is 0. The predicted molar refractivity (Wildman–Crippen MR) is 84.0 cm³/mol. The van der Waals surface area contributed by atoms with E-state index < -0.39 is 0 Å². The molecule has 2 aliphatic heterocycles. The smallest absolute Gasteiger partial charge is 0.254 e. The fraction of sp³-hybridized carbons (Fsp3) is 0.562. The van der Waals surface area contributed by atoms with Crippen LogP contribution in [-0.2, 0) is 4.74 Å². The minimum Gasteiger partial charge on any atom is -0.382 e. The topological polar surface area (TPSA) is 53.6 Å². The number of benzene rings is 1. The predicted octanol–water partition coefficient (Wildman–Crippen LogP) is 2.17. The second kappa shape index (κ2) is 6.35. The highest BCUT2D eigenvalue weighted by molar-refractivity contribution is 5.96. The zero-order valence-electron chi connectivity index (χ0n) is 12.5. The molecule has 1 aromatic rings. The molecule has 0 radical (unpaired) electrons. The van der Waals surface area contributed by atoms with E-state index in [0.29, 0.717) is 13.2 Å². The van der Waals surface area contributed by atoms with Gasteiger partial charge >= 0.3 is 0 Å². The summed E-state index contributed by atoms with van der Waals surface area (Å²) in [5.74, 6) is 0.106. The van der Waals surface area contributed by atoms with E-state index in [0.717, 1.165) is 49.4 Å². The summed E-state index contributed by atoms with van der Waals surface area (Å²) < 4.78 is 5.67. The molecule has 114 valence electrons. The maximum Gasteiger partial charge on any atom is 0.254 e. The van der Waals surface area contributed by atoms with Gasteiger partial charge in [-0.2, -0.15) is 0 Å². The molecule has 0 aromatic heterocycles. The van der Waals surface area contributed by atoms with Crippen LogP contribution in [0.5, 0.6) is 0 Å². The van der Waals surface area contributed by atoms with Crippen LogP contribution in [-0.4, -0.2) is 49.7 Å². The first-order chi connectivity index (χ1) is 10.3. The van der Waals surface area contributed by atoms with E-state index in [1.807, 2.05) is 30.0 Å². The van der Waals surface area contributed by atoms with E-state index in [9.17, 15) is 4.79 Å². The maximum absolute atomic E-state index is 12.7. The maximum atomic E-state index is 12.7. The first kappa shape index (κ1) is 14.2. The number of piperidine rings is 1. The van der Waals surface area contributed by atoms with Gasteiger partial charge in [-0.15, -0.1) is 0 Å². The Morgan fingerprint density at radius 3 is 2.95 bits per heavy atom. The molecule has 1 amide bonds. The van der Waals surface area contributed by atoms with Crippen LogP contribution in [0.4, 0.5) is 11.4 Å². The third kappa shape index (κ3) is 3.13. The van der Waals surface area contributed by atoms with Crippen LogP contribution in [0.15, 0.2) is 18.2 Å². The molecule has 3 rings (SSSR count). The van der Waals surface area contributed by atoms with Gasteiger partial charge in [0.05, 0.1) is 17.5 Å². The number of anilines is 2. The van der Waals surface area contributed by atoms with Crippen molar-refractivity contribution < 1.29 is 9.53 Å². The summed E-state index contributed by atoms with van der Waals surface area (Å²) in [6.45, 7) is 6.05. The second-order valence-electron chi connectivity index (χ2n) is 5.58. The molecule has 0 saturated carbocycles. The molecule has 0 bridgehead atoms. The molecule has 2 aliphatic rings. The van der Waals surface area contributed by atoms with Crippen molar-refractivity contribution in [1.82, 2.24) is 4.90 Å². The van der Waals surface area contributed by atoms with Crippen LogP contribution in [0, 0.1) is 0 Å². The van der Waals surface area contributed by atoms with Crippen molar-refractivity contribution in [2.24, 2.45) is 0 Å². The summed E-state index contributed by atoms with van der Waals surface area (Å²) in [5, 5.41) is 6.66. The van der Waals surface area contributed by atoms with Crippen molar-refractivity contribution in [3.05, 3.63) is 23.8 Å². The summed E-state index contributed by atoms with van der Waals surface area (Å²) in [6.07, 6.45) is 2.25. The number of ether oxygens (including phenoxy) is 1. The second-order valence-corrected chi connectivity index (χ2v) is 5.58. The molecular formula is C16H23N3O2. The SMILES string of the molecule is CCOC1CCCN(C(=O)c2ccc3c(c2)NCCN3)C1. The van der Waals surface area contributed by atoms with Crippen LogP contribution in [0.2, 0.25) is 0 Å². The van der Waals surface area contributed by atoms with Crippen molar-refractivity contribution in [2.75, 3.05) is 43.4 Å². The van der Waals surface area contributed by atoms with Gasteiger partial charge in [-0.25, -0.2) is 0 Å². The number of carbonyl (C=O) groups is 1. The number of carbonyl (C=O) groups excluding carboxylic acids is 1. The number of nitrogens with zero attached hydrogens (tertiary/aromatic N) is 1. The molecule has 5 heteroatoms. The Morgan fingerprint density at radius 2 is 2.14 bits per heavy atom. The Kier molecular flexibility index (Phi) is 4.29. The van der Waals surface area contributed by atoms with Crippen LogP contribution in [0.1, 0.15) is 30.1 Å². The summed E-state index contributed by atoms with van der Waals surface area (Å²) in [6, 6.07) is 5.85. The summed E-state index contributed by atoms with van der Waals surface area (Å²) in [5.41, 5.74) is 2.84. The first-order valence-corrected chi connectivity index (χ1v) is 7.80. The third-order valence-electron chi connectivity index (χ3n) is 4.09. The number of hydrogen-bond donors (Lipinski definition) is 2. The van der Waals surface area contributed by atoms with Gasteiger partial charge in [-0.3, -0.25) is 4.79 Å². The summed E-state index contributed by atoms with van der Waals surface area (Å²) in [4.78, 5) is 14.6. The van der Waals surface area contributed by atoms with Crippen molar-refractivity contribution in [1.29, 1.82) is 0 Å². The molecular weight excluding hydrogens is 266 g/mol. The molecule has 1 atom stereocenters. The molecule has 1 saturated heterocycles. The standard InChI is InChI=1S/C16H23N3O2/c1-2-21-13-4-3-9-19(11-13)16(20)12-5-6-14-15(10-12)18-8-7-17-14/h5-6,10,13,17-18H,2-4,7-9,11H2,1H3. The van der Waals surface area contributed by atoms with Crippen LogP contribution in [0.3, 0.4) is 0 Å². The Morgan fingerprint density at radius 1 is 1.33 bits per heavy atom. The van der Waals surface area contributed by atoms with Crippen molar-refractivity contribution in [2.45, 2.75) is 25.9 Å². The molecule has 0 aliphatic carbocycles. The van der Waals surface area contributed by atoms with Gasteiger partial charge in [-0.05, 0) is 38.0 Å². The van der Waals surface area contributed by atoms with Gasteiger partial charge in [0, 0.05) is 38.3 Å². The first-order valence-electron chi connectivity index (χ1n) is 7.80. The molecule has 2 heterocycles. The average Bonchev–Trinajstić information content (AvgIpc) is 2.54. The number of fused-ring (bicyclic) bond motifs is 1. The number of hydrogen-bond acceptors (Lipinski definition) is 4. The van der Waals surface area contributed by atoms with Crippen molar-refractivity contribution >= 4 is 17.3 Å². The Labute approximate surface area is 125 Å². The Hall–Kier alpha value is -1.75. The lowest BCUT2D eigenvalue weighted by molar-refractivity contribution is 0.00725. The van der Waals surface area contributed by atoms with Gasteiger partial charge in [0.15, 0.2) is 0 Å². The van der Waals surface area contributed by atoms with E-state index in [1.54, 1.807) is 0 Å². The zero-order valence-corrected chi connectivity index (χ0v) is 12.5. The van der Waals surface area contributed by atoms with E-state index in [1.165, 1.54) is 0 Å². The minimum absolute atomic E-state index is 0.106. The number of rotatable bonds is 3. The summed E-state index contributed by atoms with van der Waals surface area (Å²) in [7, 11) is 0. The fourth-order valence-electron chi connectivity index (χ4n) is 3.05. The Bertz CT molecular complexity index is 516. The van der Waals surface area contributed by atoms with E-state index in [4.69, 9.17) is 4.74 Å². The van der Waals surface area contributed by atoms with Crippen molar-refractivity contribution in [3.63, 3.8) is 0 Å². The molecule has 5 nitrogen and oxygen atoms in total. The number of amides is 1. The normalized spacial score (nSPS) is 21.2. The quantitative estimate of drug-likeness (QED) is 0.895. The van der Waals surface area contributed by atoms with Gasteiger partial charge in [-0.1, -0.05) is 0 Å². The fourth-order valence-corrected chi connectivity index (χ4v) is 3.05. The van der Waals surface area contributed by atoms with Crippen LogP contribution < -0.4 is 10.6 Å². The zero-order chi connectivity index (χ0) is 14.7. The van der Waals surface area contributed by atoms with E-state index in [-0.39, 0.29) is 12.0 Å². The highest BCUT2D eigenvalue weighted by atomic mass is 16.5. The molecule has 21 heavy (non-hydrogen) atoms. The van der Waals surface area contributed by atoms with E-state index in [2.05, 4.69) is 10.6 Å². The lowest BCUT2D eigenvalue weighted by Crippen LogP contribution is -2.43. The lowest BCUT2D eigenvalue weighted by atomic mass is 10.1. The minimum atomic E-state index is 0.106. The van der Waals surface area contributed by atoms with Gasteiger partial charge in [0.1, 0.15) is 0 Å². The average molecular weight is 289 g/mol. The van der Waals surface area contributed by atoms with Crippen LogP contribution >= 0.6 is 0 Å². The number of nitrogens with one attached hydrogen (secondary N) is 2. The molecule has 0 spiro atoms. The molecule has 2 N–H and O–H groups in total. The molecule has 1 aromatic carbocycles. The van der Waals surface area contributed by atoms with Crippen molar-refractivity contribution in [3.8, 4) is 0 Å². The largest absolute Gasteiger partial charge is 0.382 e. The highest BCUT2D eigenvalue weighted by Crippen LogP contribution is 2.26. The molecule has 1 fully saturated rings.